The first-order valence-electron chi connectivity index (χ1n) is 5.84. The van der Waals surface area contributed by atoms with Gasteiger partial charge < -0.3 is 15.0 Å². The molecular formula is C11H20N2O2. The van der Waals surface area contributed by atoms with Gasteiger partial charge in [0.25, 0.3) is 0 Å². The van der Waals surface area contributed by atoms with Crippen LogP contribution in [-0.4, -0.2) is 50.2 Å². The first-order chi connectivity index (χ1) is 7.29. The van der Waals surface area contributed by atoms with Crippen LogP contribution in [0.1, 0.15) is 19.3 Å². The molecule has 86 valence electrons. The summed E-state index contributed by atoms with van der Waals surface area (Å²) >= 11 is 0. The van der Waals surface area contributed by atoms with E-state index >= 15 is 0 Å². The molecular weight excluding hydrogens is 192 g/mol. The van der Waals surface area contributed by atoms with Gasteiger partial charge in [0.1, 0.15) is 0 Å². The molecule has 1 unspecified atom stereocenters. The molecule has 0 saturated carbocycles. The monoisotopic (exact) mass is 212 g/mol. The van der Waals surface area contributed by atoms with Crippen molar-refractivity contribution in [1.29, 1.82) is 0 Å². The molecule has 0 aliphatic carbocycles. The minimum atomic E-state index is 0.198. The summed E-state index contributed by atoms with van der Waals surface area (Å²) in [6.45, 7) is 3.47. The molecule has 2 heterocycles. The Kier molecular flexibility index (Phi) is 3.59. The van der Waals surface area contributed by atoms with Crippen molar-refractivity contribution >= 4 is 5.91 Å². The van der Waals surface area contributed by atoms with Gasteiger partial charge in [0.2, 0.25) is 5.91 Å². The molecule has 0 spiro atoms. The first kappa shape index (κ1) is 10.9. The van der Waals surface area contributed by atoms with E-state index < -0.39 is 0 Å². The third-order valence-electron chi connectivity index (χ3n) is 3.50. The van der Waals surface area contributed by atoms with Crippen LogP contribution in [0.3, 0.4) is 0 Å². The summed E-state index contributed by atoms with van der Waals surface area (Å²) in [4.78, 5) is 14.1. The van der Waals surface area contributed by atoms with Crippen LogP contribution in [0.5, 0.6) is 0 Å². The summed E-state index contributed by atoms with van der Waals surface area (Å²) in [5.74, 6) is 0.511. The van der Waals surface area contributed by atoms with E-state index in [1.165, 1.54) is 0 Å². The summed E-state index contributed by atoms with van der Waals surface area (Å²) in [6.07, 6.45) is 2.87. The van der Waals surface area contributed by atoms with Gasteiger partial charge in [-0.05, 0) is 25.8 Å². The van der Waals surface area contributed by atoms with Crippen LogP contribution < -0.4 is 5.32 Å². The van der Waals surface area contributed by atoms with Gasteiger partial charge in [-0.15, -0.1) is 0 Å². The highest BCUT2D eigenvalue weighted by Crippen LogP contribution is 2.19. The lowest BCUT2D eigenvalue weighted by molar-refractivity contribution is -0.139. The molecule has 0 radical (unpaired) electrons. The lowest BCUT2D eigenvalue weighted by Gasteiger charge is -2.30. The molecule has 0 aromatic rings. The van der Waals surface area contributed by atoms with Crippen molar-refractivity contribution in [3.63, 3.8) is 0 Å². The minimum Gasteiger partial charge on any atom is -0.381 e. The Morgan fingerprint density at radius 3 is 2.67 bits per heavy atom. The third-order valence-corrected chi connectivity index (χ3v) is 3.50. The number of ether oxygens (including phenoxy) is 1. The SMILES string of the molecule is CN(C(=O)C1CCOCC1)C1CCNC1. The Morgan fingerprint density at radius 1 is 1.33 bits per heavy atom. The van der Waals surface area contributed by atoms with Gasteiger partial charge in [-0.1, -0.05) is 0 Å². The molecule has 0 aromatic heterocycles. The highest BCUT2D eigenvalue weighted by Gasteiger charge is 2.29. The van der Waals surface area contributed by atoms with E-state index in [1.54, 1.807) is 0 Å². The first-order valence-corrected chi connectivity index (χ1v) is 5.84. The van der Waals surface area contributed by atoms with Gasteiger partial charge in [-0.3, -0.25) is 4.79 Å². The Labute approximate surface area is 91.0 Å². The number of amides is 1. The van der Waals surface area contributed by atoms with Gasteiger partial charge in [0.05, 0.1) is 0 Å². The van der Waals surface area contributed by atoms with Gasteiger partial charge >= 0.3 is 0 Å². The second-order valence-corrected chi connectivity index (χ2v) is 4.48. The highest BCUT2D eigenvalue weighted by atomic mass is 16.5. The van der Waals surface area contributed by atoms with E-state index in [4.69, 9.17) is 4.74 Å². The Balaban J connectivity index is 1.87. The molecule has 1 amide bonds. The molecule has 2 saturated heterocycles. The van der Waals surface area contributed by atoms with Crippen molar-refractivity contribution in [3.8, 4) is 0 Å². The molecule has 0 bridgehead atoms. The number of carbonyl (C=O) groups is 1. The van der Waals surface area contributed by atoms with Crippen LogP contribution in [0.4, 0.5) is 0 Å². The summed E-state index contributed by atoms with van der Waals surface area (Å²) in [7, 11) is 1.94. The van der Waals surface area contributed by atoms with E-state index in [-0.39, 0.29) is 5.92 Å². The van der Waals surface area contributed by atoms with Crippen molar-refractivity contribution in [2.24, 2.45) is 5.92 Å². The van der Waals surface area contributed by atoms with Crippen molar-refractivity contribution < 1.29 is 9.53 Å². The maximum absolute atomic E-state index is 12.1. The third kappa shape index (κ3) is 2.49. The van der Waals surface area contributed by atoms with E-state index in [0.29, 0.717) is 11.9 Å². The number of hydrogen-bond donors (Lipinski definition) is 1. The number of hydrogen-bond acceptors (Lipinski definition) is 3. The van der Waals surface area contributed by atoms with Crippen LogP contribution in [0.25, 0.3) is 0 Å². The molecule has 15 heavy (non-hydrogen) atoms. The fraction of sp³-hybridized carbons (Fsp3) is 0.909. The van der Waals surface area contributed by atoms with Gasteiger partial charge in [0, 0.05) is 38.8 Å². The van der Waals surface area contributed by atoms with Crippen molar-refractivity contribution in [3.05, 3.63) is 0 Å². The Bertz CT molecular complexity index is 221. The fourth-order valence-electron chi connectivity index (χ4n) is 2.38. The van der Waals surface area contributed by atoms with E-state index in [2.05, 4.69) is 5.32 Å². The average molecular weight is 212 g/mol. The van der Waals surface area contributed by atoms with E-state index in [9.17, 15) is 4.79 Å². The largest absolute Gasteiger partial charge is 0.381 e. The minimum absolute atomic E-state index is 0.198. The number of nitrogens with one attached hydrogen (secondary N) is 1. The second kappa shape index (κ2) is 4.94. The lowest BCUT2D eigenvalue weighted by Crippen LogP contribution is -2.43. The Morgan fingerprint density at radius 2 is 2.07 bits per heavy atom. The topological polar surface area (TPSA) is 41.6 Å². The quantitative estimate of drug-likeness (QED) is 0.712. The van der Waals surface area contributed by atoms with E-state index in [1.807, 2.05) is 11.9 Å². The normalized spacial score (nSPS) is 27.9. The number of likely N-dealkylation sites (N-methyl/N-ethyl adjacent to an activating group) is 1. The molecule has 1 atom stereocenters. The molecule has 1 N–H and O–H groups in total. The zero-order chi connectivity index (χ0) is 10.7. The number of rotatable bonds is 2. The standard InChI is InChI=1S/C11H20N2O2/c1-13(10-2-5-12-8-10)11(14)9-3-6-15-7-4-9/h9-10,12H,2-8H2,1H3. The van der Waals surface area contributed by atoms with Crippen LogP contribution >= 0.6 is 0 Å². The number of carbonyl (C=O) groups excluding carboxylic acids is 1. The maximum atomic E-state index is 12.1. The highest BCUT2D eigenvalue weighted by molar-refractivity contribution is 5.79. The molecule has 0 aromatic carbocycles. The molecule has 2 aliphatic rings. The predicted molar refractivity (Wildman–Crippen MR) is 57.6 cm³/mol. The Hall–Kier alpha value is -0.610. The fourth-order valence-corrected chi connectivity index (χ4v) is 2.38. The van der Waals surface area contributed by atoms with Crippen molar-refractivity contribution in [1.82, 2.24) is 10.2 Å². The maximum Gasteiger partial charge on any atom is 0.225 e. The smallest absolute Gasteiger partial charge is 0.225 e. The molecule has 2 fully saturated rings. The van der Waals surface area contributed by atoms with Crippen LogP contribution in [-0.2, 0) is 9.53 Å². The van der Waals surface area contributed by atoms with E-state index in [0.717, 1.165) is 45.6 Å². The second-order valence-electron chi connectivity index (χ2n) is 4.48. The predicted octanol–water partition coefficient (Wildman–Crippen LogP) is 0.233. The van der Waals surface area contributed by atoms with Gasteiger partial charge in [-0.25, -0.2) is 0 Å². The summed E-state index contributed by atoms with van der Waals surface area (Å²) in [6, 6.07) is 0.403. The van der Waals surface area contributed by atoms with Gasteiger partial charge in [-0.2, -0.15) is 0 Å². The van der Waals surface area contributed by atoms with Crippen molar-refractivity contribution in [2.75, 3.05) is 33.4 Å². The zero-order valence-electron chi connectivity index (χ0n) is 9.37. The summed E-state index contributed by atoms with van der Waals surface area (Å²) in [5.41, 5.74) is 0. The zero-order valence-corrected chi connectivity index (χ0v) is 9.37. The number of nitrogens with zero attached hydrogens (tertiary/aromatic N) is 1. The molecule has 2 aliphatic heterocycles. The molecule has 2 rings (SSSR count). The molecule has 4 heteroatoms. The lowest BCUT2D eigenvalue weighted by atomic mass is 9.98. The van der Waals surface area contributed by atoms with Gasteiger partial charge in [0.15, 0.2) is 0 Å². The molecule has 4 nitrogen and oxygen atoms in total. The van der Waals surface area contributed by atoms with Crippen LogP contribution in [0.15, 0.2) is 0 Å². The van der Waals surface area contributed by atoms with Crippen LogP contribution in [0.2, 0.25) is 0 Å². The average Bonchev–Trinajstić information content (AvgIpc) is 2.82. The summed E-state index contributed by atoms with van der Waals surface area (Å²) < 4.78 is 5.27. The summed E-state index contributed by atoms with van der Waals surface area (Å²) in [5, 5.41) is 3.29. The van der Waals surface area contributed by atoms with Crippen molar-refractivity contribution in [2.45, 2.75) is 25.3 Å². The van der Waals surface area contributed by atoms with Crippen LogP contribution in [0, 0.1) is 5.92 Å².